The van der Waals surface area contributed by atoms with Crippen LogP contribution in [0.25, 0.3) is 0 Å². The molecule has 1 aliphatic heterocycles. The third-order valence-electron chi connectivity index (χ3n) is 3.90. The van der Waals surface area contributed by atoms with Gasteiger partial charge in [0.05, 0.1) is 12.5 Å². The Morgan fingerprint density at radius 3 is 2.74 bits per heavy atom. The molecule has 124 valence electrons. The SMILES string of the molecule is CC(CN(C)C(=O)NCC(=O)N1CCc2ccccc21)C(=O)O. The Balaban J connectivity index is 1.85. The van der Waals surface area contributed by atoms with Crippen LogP contribution in [-0.2, 0) is 16.0 Å². The number of rotatable bonds is 5. The van der Waals surface area contributed by atoms with Gasteiger partial charge in [0.25, 0.3) is 0 Å². The van der Waals surface area contributed by atoms with Gasteiger partial charge in [-0.15, -0.1) is 0 Å². The number of carboxylic acids is 1. The number of fused-ring (bicyclic) bond motifs is 1. The summed E-state index contributed by atoms with van der Waals surface area (Å²) in [5.74, 6) is -1.80. The first kappa shape index (κ1) is 16.8. The number of carbonyl (C=O) groups excluding carboxylic acids is 2. The minimum absolute atomic E-state index is 0.0852. The van der Waals surface area contributed by atoms with Crippen LogP contribution in [0.2, 0.25) is 0 Å². The fraction of sp³-hybridized carbons (Fsp3) is 0.438. The monoisotopic (exact) mass is 319 g/mol. The zero-order valence-corrected chi connectivity index (χ0v) is 13.3. The molecule has 1 aliphatic rings. The van der Waals surface area contributed by atoms with Crippen LogP contribution >= 0.6 is 0 Å². The predicted octanol–water partition coefficient (Wildman–Crippen LogP) is 0.938. The van der Waals surface area contributed by atoms with Crippen molar-refractivity contribution >= 4 is 23.6 Å². The van der Waals surface area contributed by atoms with E-state index in [1.807, 2.05) is 24.3 Å². The van der Waals surface area contributed by atoms with E-state index in [4.69, 9.17) is 5.11 Å². The number of amides is 3. The molecular formula is C16H21N3O4. The standard InChI is InChI=1S/C16H21N3O4/c1-11(15(21)22)10-18(2)16(23)17-9-14(20)19-8-7-12-5-3-4-6-13(12)19/h3-6,11H,7-10H2,1-2H3,(H,17,23)(H,21,22). The van der Waals surface area contributed by atoms with Crippen molar-refractivity contribution in [3.63, 3.8) is 0 Å². The second kappa shape index (κ2) is 7.13. The number of aliphatic carboxylic acids is 1. The van der Waals surface area contributed by atoms with Crippen molar-refractivity contribution in [3.8, 4) is 0 Å². The van der Waals surface area contributed by atoms with Gasteiger partial charge in [0, 0.05) is 25.8 Å². The maximum absolute atomic E-state index is 12.3. The molecule has 0 saturated carbocycles. The number of para-hydroxylation sites is 1. The highest BCUT2D eigenvalue weighted by atomic mass is 16.4. The molecule has 1 heterocycles. The van der Waals surface area contributed by atoms with Crippen molar-refractivity contribution in [3.05, 3.63) is 29.8 Å². The summed E-state index contributed by atoms with van der Waals surface area (Å²) in [7, 11) is 1.50. The molecule has 0 bridgehead atoms. The highest BCUT2D eigenvalue weighted by molar-refractivity contribution is 5.98. The molecule has 0 fully saturated rings. The first-order valence-corrected chi connectivity index (χ1v) is 7.50. The molecule has 2 rings (SSSR count). The van der Waals surface area contributed by atoms with Gasteiger partial charge in [-0.1, -0.05) is 25.1 Å². The largest absolute Gasteiger partial charge is 0.481 e. The molecule has 0 aliphatic carbocycles. The van der Waals surface area contributed by atoms with Gasteiger partial charge >= 0.3 is 12.0 Å². The van der Waals surface area contributed by atoms with E-state index >= 15 is 0 Å². The lowest BCUT2D eigenvalue weighted by molar-refractivity contribution is -0.141. The average molecular weight is 319 g/mol. The first-order chi connectivity index (χ1) is 10.9. The summed E-state index contributed by atoms with van der Waals surface area (Å²) in [6.07, 6.45) is 0.811. The summed E-state index contributed by atoms with van der Waals surface area (Å²) in [6, 6.07) is 7.24. The van der Waals surface area contributed by atoms with E-state index in [1.165, 1.54) is 18.9 Å². The molecular weight excluding hydrogens is 298 g/mol. The van der Waals surface area contributed by atoms with Crippen molar-refractivity contribution < 1.29 is 19.5 Å². The molecule has 1 aromatic rings. The zero-order valence-electron chi connectivity index (χ0n) is 13.3. The lowest BCUT2D eigenvalue weighted by atomic mass is 10.2. The van der Waals surface area contributed by atoms with Gasteiger partial charge in [-0.3, -0.25) is 9.59 Å². The second-order valence-corrected chi connectivity index (χ2v) is 5.70. The lowest BCUT2D eigenvalue weighted by Crippen LogP contribution is -2.45. The number of anilines is 1. The van der Waals surface area contributed by atoms with Crippen molar-refractivity contribution in [2.24, 2.45) is 5.92 Å². The number of nitrogens with zero attached hydrogens (tertiary/aromatic N) is 2. The van der Waals surface area contributed by atoms with Crippen molar-refractivity contribution in [1.29, 1.82) is 0 Å². The highest BCUT2D eigenvalue weighted by Crippen LogP contribution is 2.27. The van der Waals surface area contributed by atoms with Crippen LogP contribution in [0.4, 0.5) is 10.5 Å². The third-order valence-corrected chi connectivity index (χ3v) is 3.90. The smallest absolute Gasteiger partial charge is 0.317 e. The number of benzene rings is 1. The summed E-state index contributed by atoms with van der Waals surface area (Å²) in [5.41, 5.74) is 2.01. The molecule has 7 nitrogen and oxygen atoms in total. The van der Waals surface area contributed by atoms with Gasteiger partial charge in [0.1, 0.15) is 0 Å². The fourth-order valence-electron chi connectivity index (χ4n) is 2.55. The van der Waals surface area contributed by atoms with Gasteiger partial charge in [-0.05, 0) is 18.1 Å². The number of nitrogens with one attached hydrogen (secondary N) is 1. The molecule has 7 heteroatoms. The molecule has 0 saturated heterocycles. The lowest BCUT2D eigenvalue weighted by Gasteiger charge is -2.21. The van der Waals surface area contributed by atoms with Crippen LogP contribution in [0, 0.1) is 5.92 Å². The van der Waals surface area contributed by atoms with Crippen LogP contribution in [0.1, 0.15) is 12.5 Å². The average Bonchev–Trinajstić information content (AvgIpc) is 2.96. The van der Waals surface area contributed by atoms with E-state index < -0.39 is 17.9 Å². The molecule has 0 spiro atoms. The van der Waals surface area contributed by atoms with E-state index in [-0.39, 0.29) is 19.0 Å². The minimum Gasteiger partial charge on any atom is -0.481 e. The van der Waals surface area contributed by atoms with Gasteiger partial charge < -0.3 is 20.2 Å². The van der Waals surface area contributed by atoms with Gasteiger partial charge in [-0.25, -0.2) is 4.79 Å². The molecule has 1 atom stereocenters. The molecule has 0 radical (unpaired) electrons. The Labute approximate surface area is 134 Å². The number of urea groups is 1. The molecule has 1 unspecified atom stereocenters. The normalized spacial score (nSPS) is 14.1. The Morgan fingerprint density at radius 2 is 2.04 bits per heavy atom. The van der Waals surface area contributed by atoms with E-state index in [9.17, 15) is 14.4 Å². The number of carbonyl (C=O) groups is 3. The van der Waals surface area contributed by atoms with E-state index in [1.54, 1.807) is 4.90 Å². The van der Waals surface area contributed by atoms with Crippen molar-refractivity contribution in [2.75, 3.05) is 31.6 Å². The molecule has 2 N–H and O–H groups in total. The second-order valence-electron chi connectivity index (χ2n) is 5.70. The van der Waals surface area contributed by atoms with Gasteiger partial charge in [-0.2, -0.15) is 0 Å². The number of hydrogen-bond acceptors (Lipinski definition) is 3. The molecule has 1 aromatic carbocycles. The third kappa shape index (κ3) is 4.00. The summed E-state index contributed by atoms with van der Waals surface area (Å²) < 4.78 is 0. The van der Waals surface area contributed by atoms with Crippen molar-refractivity contribution in [1.82, 2.24) is 10.2 Å². The molecule has 3 amide bonds. The van der Waals surface area contributed by atoms with Crippen LogP contribution < -0.4 is 10.2 Å². The van der Waals surface area contributed by atoms with Gasteiger partial charge in [0.15, 0.2) is 0 Å². The van der Waals surface area contributed by atoms with E-state index in [2.05, 4.69) is 5.32 Å². The summed E-state index contributed by atoms with van der Waals surface area (Å²) in [5, 5.41) is 11.4. The van der Waals surface area contributed by atoms with Crippen LogP contribution in [0.3, 0.4) is 0 Å². The quantitative estimate of drug-likeness (QED) is 0.845. The predicted molar refractivity (Wildman–Crippen MR) is 85.3 cm³/mol. The number of hydrogen-bond donors (Lipinski definition) is 2. The Hall–Kier alpha value is -2.57. The van der Waals surface area contributed by atoms with E-state index in [0.29, 0.717) is 6.54 Å². The molecule has 23 heavy (non-hydrogen) atoms. The van der Waals surface area contributed by atoms with Gasteiger partial charge in [0.2, 0.25) is 5.91 Å². The van der Waals surface area contributed by atoms with Crippen molar-refractivity contribution in [2.45, 2.75) is 13.3 Å². The Kier molecular flexibility index (Phi) is 5.20. The van der Waals surface area contributed by atoms with Crippen LogP contribution in [0.15, 0.2) is 24.3 Å². The molecule has 0 aromatic heterocycles. The Bertz CT molecular complexity index is 617. The maximum Gasteiger partial charge on any atom is 0.317 e. The topological polar surface area (TPSA) is 90.0 Å². The Morgan fingerprint density at radius 1 is 1.35 bits per heavy atom. The van der Waals surface area contributed by atoms with Crippen LogP contribution in [0.5, 0.6) is 0 Å². The number of carboxylic acid groups (broad SMARTS) is 1. The minimum atomic E-state index is -0.964. The van der Waals surface area contributed by atoms with E-state index in [0.717, 1.165) is 17.7 Å². The highest BCUT2D eigenvalue weighted by Gasteiger charge is 2.24. The summed E-state index contributed by atoms with van der Waals surface area (Å²) in [6.45, 7) is 2.11. The first-order valence-electron chi connectivity index (χ1n) is 7.50. The maximum atomic E-state index is 12.3. The fourth-order valence-corrected chi connectivity index (χ4v) is 2.55. The zero-order chi connectivity index (χ0) is 17.0. The van der Waals surface area contributed by atoms with Crippen LogP contribution in [-0.4, -0.2) is 54.6 Å². The summed E-state index contributed by atoms with van der Waals surface area (Å²) in [4.78, 5) is 37.9. The summed E-state index contributed by atoms with van der Waals surface area (Å²) >= 11 is 0.